The van der Waals surface area contributed by atoms with E-state index in [1.807, 2.05) is 48.7 Å². The summed E-state index contributed by atoms with van der Waals surface area (Å²) in [5.74, 6) is 0.373. The van der Waals surface area contributed by atoms with Crippen LogP contribution in [0.3, 0.4) is 0 Å². The van der Waals surface area contributed by atoms with Gasteiger partial charge in [0.1, 0.15) is 5.75 Å². The number of ether oxygens (including phenoxy) is 1. The van der Waals surface area contributed by atoms with Gasteiger partial charge in [0.25, 0.3) is 5.91 Å². The minimum Gasteiger partial charge on any atom is -0.496 e. The molecule has 2 atom stereocenters. The SMILES string of the molecule is COc1ccc([C@@H]2N(C(C)=O)c3ccccc3[C@@H]3C(=O)NC(SC)=NN23)cc1Br. The average Bonchev–Trinajstić information content (AvgIpc) is 2.71. The van der Waals surface area contributed by atoms with Crippen LogP contribution in [-0.2, 0) is 9.59 Å². The Kier molecular flexibility index (Phi) is 5.26. The number of halogens is 1. The van der Waals surface area contributed by atoms with Gasteiger partial charge in [-0.05, 0) is 45.9 Å². The first-order valence-electron chi connectivity index (χ1n) is 8.90. The first kappa shape index (κ1) is 19.8. The van der Waals surface area contributed by atoms with Gasteiger partial charge in [0.2, 0.25) is 5.91 Å². The van der Waals surface area contributed by atoms with Gasteiger partial charge in [0.05, 0.1) is 17.3 Å². The van der Waals surface area contributed by atoms with E-state index in [1.165, 1.54) is 18.7 Å². The highest BCUT2D eigenvalue weighted by Gasteiger charge is 2.46. The lowest BCUT2D eigenvalue weighted by atomic mass is 9.95. The van der Waals surface area contributed by atoms with E-state index in [4.69, 9.17) is 4.74 Å². The fourth-order valence-electron chi connectivity index (χ4n) is 3.73. The molecule has 0 aromatic heterocycles. The molecule has 2 aromatic carbocycles. The molecule has 2 heterocycles. The fraction of sp³-hybridized carbons (Fsp3) is 0.250. The number of hydrogen-bond acceptors (Lipinski definition) is 6. The van der Waals surface area contributed by atoms with E-state index in [1.54, 1.807) is 17.0 Å². The Bertz CT molecular complexity index is 1030. The van der Waals surface area contributed by atoms with Crippen LogP contribution in [0, 0.1) is 0 Å². The minimum absolute atomic E-state index is 0.139. The summed E-state index contributed by atoms with van der Waals surface area (Å²) in [5, 5.41) is 9.73. The summed E-state index contributed by atoms with van der Waals surface area (Å²) in [6, 6.07) is 12.4. The zero-order valence-corrected chi connectivity index (χ0v) is 18.5. The second-order valence-corrected chi connectivity index (χ2v) is 8.25. The number of benzene rings is 2. The van der Waals surface area contributed by atoms with Crippen LogP contribution in [0.2, 0.25) is 0 Å². The number of fused-ring (bicyclic) bond motifs is 3. The average molecular weight is 475 g/mol. The van der Waals surface area contributed by atoms with Crippen molar-refractivity contribution in [2.24, 2.45) is 5.10 Å². The second kappa shape index (κ2) is 7.72. The maximum Gasteiger partial charge on any atom is 0.255 e. The molecular weight excluding hydrogens is 456 g/mol. The van der Waals surface area contributed by atoms with Crippen molar-refractivity contribution in [3.63, 3.8) is 0 Å². The maximum absolute atomic E-state index is 13.0. The predicted octanol–water partition coefficient (Wildman–Crippen LogP) is 3.63. The summed E-state index contributed by atoms with van der Waals surface area (Å²) in [5.41, 5.74) is 2.26. The summed E-state index contributed by atoms with van der Waals surface area (Å²) in [6.07, 6.45) is 1.27. The minimum atomic E-state index is -0.636. The van der Waals surface area contributed by atoms with Gasteiger partial charge in [-0.2, -0.15) is 0 Å². The monoisotopic (exact) mass is 474 g/mol. The second-order valence-electron chi connectivity index (χ2n) is 6.60. The number of methoxy groups -OCH3 is 1. The number of para-hydroxylation sites is 1. The van der Waals surface area contributed by atoms with Crippen LogP contribution in [0.5, 0.6) is 5.75 Å². The van der Waals surface area contributed by atoms with Gasteiger partial charge >= 0.3 is 0 Å². The van der Waals surface area contributed by atoms with Crippen molar-refractivity contribution in [2.45, 2.75) is 19.1 Å². The van der Waals surface area contributed by atoms with Gasteiger partial charge in [-0.1, -0.05) is 36.0 Å². The number of hydrogen-bond donors (Lipinski definition) is 1. The van der Waals surface area contributed by atoms with Crippen molar-refractivity contribution < 1.29 is 14.3 Å². The number of carbonyl (C=O) groups is 2. The molecule has 0 spiro atoms. The van der Waals surface area contributed by atoms with Crippen molar-refractivity contribution in [3.8, 4) is 5.75 Å². The molecule has 0 aliphatic carbocycles. The van der Waals surface area contributed by atoms with Crippen molar-refractivity contribution >= 4 is 50.4 Å². The molecule has 0 fully saturated rings. The number of nitrogens with one attached hydrogen (secondary N) is 1. The third-order valence-corrected chi connectivity index (χ3v) is 6.13. The van der Waals surface area contributed by atoms with Crippen LogP contribution >= 0.6 is 27.7 Å². The smallest absolute Gasteiger partial charge is 0.255 e. The lowest BCUT2D eigenvalue weighted by Crippen LogP contribution is -2.55. The van der Waals surface area contributed by atoms with E-state index >= 15 is 0 Å². The number of amidine groups is 1. The molecule has 0 radical (unpaired) electrons. The normalized spacial score (nSPS) is 20.4. The number of hydrazone groups is 1. The van der Waals surface area contributed by atoms with Crippen molar-refractivity contribution in [3.05, 3.63) is 58.1 Å². The van der Waals surface area contributed by atoms with E-state index in [0.29, 0.717) is 16.6 Å². The molecule has 7 nitrogen and oxygen atoms in total. The van der Waals surface area contributed by atoms with Gasteiger partial charge in [0, 0.05) is 12.5 Å². The Morgan fingerprint density at radius 1 is 1.28 bits per heavy atom. The Morgan fingerprint density at radius 3 is 2.69 bits per heavy atom. The highest BCUT2D eigenvalue weighted by Crippen LogP contribution is 2.47. The number of anilines is 1. The Hall–Kier alpha value is -2.52. The highest BCUT2D eigenvalue weighted by atomic mass is 79.9. The van der Waals surface area contributed by atoms with Gasteiger partial charge in [0.15, 0.2) is 17.4 Å². The summed E-state index contributed by atoms with van der Waals surface area (Å²) in [6.45, 7) is 1.52. The Balaban J connectivity index is 1.96. The molecule has 0 saturated carbocycles. The zero-order chi connectivity index (χ0) is 20.7. The van der Waals surface area contributed by atoms with Crippen LogP contribution in [0.1, 0.15) is 30.3 Å². The molecule has 2 amide bonds. The molecular formula is C20H19BrN4O3S. The largest absolute Gasteiger partial charge is 0.496 e. The Morgan fingerprint density at radius 2 is 2.03 bits per heavy atom. The van der Waals surface area contributed by atoms with Crippen LogP contribution in [0.25, 0.3) is 0 Å². The van der Waals surface area contributed by atoms with E-state index in [-0.39, 0.29) is 11.8 Å². The van der Waals surface area contributed by atoms with Crippen LogP contribution in [0.15, 0.2) is 52.0 Å². The van der Waals surface area contributed by atoms with E-state index in [9.17, 15) is 9.59 Å². The summed E-state index contributed by atoms with van der Waals surface area (Å²) < 4.78 is 6.10. The van der Waals surface area contributed by atoms with Crippen LogP contribution in [0.4, 0.5) is 5.69 Å². The number of nitrogens with zero attached hydrogens (tertiary/aromatic N) is 3. The molecule has 0 unspecified atom stereocenters. The molecule has 2 aliphatic heterocycles. The molecule has 0 saturated heterocycles. The molecule has 150 valence electrons. The number of thioether (sulfide) groups is 1. The van der Waals surface area contributed by atoms with Crippen LogP contribution < -0.4 is 15.0 Å². The zero-order valence-electron chi connectivity index (χ0n) is 16.0. The van der Waals surface area contributed by atoms with Gasteiger partial charge in [-0.15, -0.1) is 5.10 Å². The standard InChI is InChI=1S/C20H19BrN4O3S/c1-11(26)24-15-7-5-4-6-13(15)17-18(27)22-20(29-3)23-25(17)19(24)12-8-9-16(28-2)14(21)10-12/h4-10,17,19H,1-3H3,(H,22,23,27)/t17-,19-/m1/s1. The molecule has 0 bridgehead atoms. The first-order chi connectivity index (χ1) is 14.0. The summed E-state index contributed by atoms with van der Waals surface area (Å²) in [4.78, 5) is 27.5. The summed E-state index contributed by atoms with van der Waals surface area (Å²) >= 11 is 4.87. The van der Waals surface area contributed by atoms with Gasteiger partial charge in [-0.25, -0.2) is 0 Å². The molecule has 29 heavy (non-hydrogen) atoms. The lowest BCUT2D eigenvalue weighted by Gasteiger charge is -2.48. The number of rotatable bonds is 2. The maximum atomic E-state index is 13.0. The van der Waals surface area contributed by atoms with Crippen molar-refractivity contribution in [1.29, 1.82) is 0 Å². The summed E-state index contributed by atoms with van der Waals surface area (Å²) in [7, 11) is 1.60. The van der Waals surface area contributed by atoms with E-state index in [2.05, 4.69) is 26.3 Å². The molecule has 4 rings (SSSR count). The van der Waals surface area contributed by atoms with Crippen molar-refractivity contribution in [1.82, 2.24) is 10.3 Å². The lowest BCUT2D eigenvalue weighted by molar-refractivity contribution is -0.129. The number of amides is 2. The number of carbonyl (C=O) groups excluding carboxylic acids is 2. The highest BCUT2D eigenvalue weighted by molar-refractivity contribution is 9.10. The molecule has 1 N–H and O–H groups in total. The molecule has 2 aromatic rings. The quantitative estimate of drug-likeness (QED) is 0.718. The molecule has 2 aliphatic rings. The first-order valence-corrected chi connectivity index (χ1v) is 10.9. The molecule has 9 heteroatoms. The Labute approximate surface area is 181 Å². The topological polar surface area (TPSA) is 74.2 Å². The predicted molar refractivity (Wildman–Crippen MR) is 117 cm³/mol. The van der Waals surface area contributed by atoms with Gasteiger partial charge < -0.3 is 10.1 Å². The van der Waals surface area contributed by atoms with Gasteiger partial charge in [-0.3, -0.25) is 19.5 Å². The van der Waals surface area contributed by atoms with E-state index in [0.717, 1.165) is 15.6 Å². The third kappa shape index (κ3) is 3.28. The third-order valence-electron chi connectivity index (χ3n) is 4.94. The van der Waals surface area contributed by atoms with Crippen LogP contribution in [-0.4, -0.2) is 35.4 Å². The fourth-order valence-corrected chi connectivity index (χ4v) is 4.66. The van der Waals surface area contributed by atoms with E-state index < -0.39 is 12.2 Å². The van der Waals surface area contributed by atoms with Crippen molar-refractivity contribution in [2.75, 3.05) is 18.3 Å².